The molecule has 23 heavy (non-hydrogen) atoms. The van der Waals surface area contributed by atoms with E-state index in [1.54, 1.807) is 13.8 Å². The molecule has 5 N–H and O–H groups in total. The lowest BCUT2D eigenvalue weighted by Crippen LogP contribution is -2.56. The van der Waals surface area contributed by atoms with Crippen molar-refractivity contribution in [1.82, 2.24) is 10.2 Å². The summed E-state index contributed by atoms with van der Waals surface area (Å²) in [5, 5.41) is 20.3. The van der Waals surface area contributed by atoms with E-state index in [1.807, 2.05) is 0 Å². The Bertz CT molecular complexity index is 493. The number of aliphatic carboxylic acids is 2. The number of carboxylic acids is 2. The predicted molar refractivity (Wildman–Crippen MR) is 79.4 cm³/mol. The van der Waals surface area contributed by atoms with Gasteiger partial charge in [-0.05, 0) is 18.8 Å². The summed E-state index contributed by atoms with van der Waals surface area (Å²) < 4.78 is 0. The number of hydrogen-bond acceptors (Lipinski definition) is 5. The number of carboxylic acid groups (broad SMARTS) is 2. The highest BCUT2D eigenvalue weighted by Gasteiger charge is 2.39. The van der Waals surface area contributed by atoms with Crippen LogP contribution in [0.2, 0.25) is 0 Å². The molecule has 0 spiro atoms. The van der Waals surface area contributed by atoms with Crippen molar-refractivity contribution in [3.63, 3.8) is 0 Å². The molecule has 0 aromatic carbocycles. The van der Waals surface area contributed by atoms with Crippen LogP contribution in [0, 0.1) is 5.92 Å². The third-order valence-corrected chi connectivity index (χ3v) is 3.78. The summed E-state index contributed by atoms with van der Waals surface area (Å²) in [5.74, 6) is -3.82. The minimum absolute atomic E-state index is 0.293. The molecule has 0 radical (unpaired) electrons. The molecule has 0 unspecified atom stereocenters. The molecular weight excluding hydrogens is 306 g/mol. The third-order valence-electron chi connectivity index (χ3n) is 3.78. The number of carbonyl (C=O) groups excluding carboxylic acids is 2. The average Bonchev–Trinajstić information content (AvgIpc) is 2.92. The molecule has 1 rings (SSSR count). The topological polar surface area (TPSA) is 150 Å². The smallest absolute Gasteiger partial charge is 0.326 e. The molecule has 130 valence electrons. The molecule has 2 amide bonds. The van der Waals surface area contributed by atoms with Crippen molar-refractivity contribution in [3.05, 3.63) is 0 Å². The van der Waals surface area contributed by atoms with Crippen LogP contribution < -0.4 is 11.1 Å². The summed E-state index contributed by atoms with van der Waals surface area (Å²) in [4.78, 5) is 47.5. The summed E-state index contributed by atoms with van der Waals surface area (Å²) >= 11 is 0. The van der Waals surface area contributed by atoms with Crippen molar-refractivity contribution in [1.29, 1.82) is 0 Å². The molecule has 1 saturated heterocycles. The van der Waals surface area contributed by atoms with Crippen LogP contribution in [-0.2, 0) is 19.2 Å². The second-order valence-electron chi connectivity index (χ2n) is 5.96. The van der Waals surface area contributed by atoms with Gasteiger partial charge in [0.05, 0.1) is 12.5 Å². The second kappa shape index (κ2) is 7.91. The standard InChI is InChI=1S/C14H23N3O6/c1-7(2)11(16-12(20)8(15)6-10(18)19)13(21)17-5-3-4-9(17)14(22)23/h7-9,11H,3-6,15H2,1-2H3,(H,16,20)(H,18,19)(H,22,23)/t8-,9-,11-/m0/s1. The molecule has 0 aliphatic carbocycles. The monoisotopic (exact) mass is 329 g/mol. The SMILES string of the molecule is CC(C)[C@H](NC(=O)[C@@H](N)CC(=O)O)C(=O)N1CCC[C@H]1C(=O)O. The first kappa shape index (κ1) is 18.9. The van der Waals surface area contributed by atoms with Crippen LogP contribution in [0.25, 0.3) is 0 Å². The van der Waals surface area contributed by atoms with Gasteiger partial charge in [0.15, 0.2) is 0 Å². The van der Waals surface area contributed by atoms with Crippen molar-refractivity contribution in [2.24, 2.45) is 11.7 Å². The zero-order valence-corrected chi connectivity index (χ0v) is 13.2. The van der Waals surface area contributed by atoms with Gasteiger partial charge >= 0.3 is 11.9 Å². The summed E-state index contributed by atoms with van der Waals surface area (Å²) in [6.07, 6.45) is 0.407. The average molecular weight is 329 g/mol. The van der Waals surface area contributed by atoms with Gasteiger partial charge in [0.2, 0.25) is 11.8 Å². The molecule has 0 saturated carbocycles. The maximum atomic E-state index is 12.6. The van der Waals surface area contributed by atoms with Gasteiger partial charge in [-0.1, -0.05) is 13.8 Å². The molecule has 0 aromatic heterocycles. The number of nitrogens with zero attached hydrogens (tertiary/aromatic N) is 1. The normalized spacial score (nSPS) is 20.2. The largest absolute Gasteiger partial charge is 0.481 e. The highest BCUT2D eigenvalue weighted by atomic mass is 16.4. The fraction of sp³-hybridized carbons (Fsp3) is 0.714. The highest BCUT2D eigenvalue weighted by molar-refractivity contribution is 5.93. The van der Waals surface area contributed by atoms with Crippen molar-refractivity contribution in [3.8, 4) is 0 Å². The Morgan fingerprint density at radius 2 is 1.87 bits per heavy atom. The Labute approximate surface area is 133 Å². The number of nitrogens with one attached hydrogen (secondary N) is 1. The Morgan fingerprint density at radius 1 is 1.26 bits per heavy atom. The molecule has 0 aromatic rings. The van der Waals surface area contributed by atoms with Gasteiger partial charge in [-0.2, -0.15) is 0 Å². The Kier molecular flexibility index (Phi) is 6.49. The van der Waals surface area contributed by atoms with Crippen LogP contribution in [0.3, 0.4) is 0 Å². The van der Waals surface area contributed by atoms with Gasteiger partial charge in [-0.3, -0.25) is 14.4 Å². The molecule has 1 heterocycles. The van der Waals surface area contributed by atoms with Gasteiger partial charge in [0, 0.05) is 6.54 Å². The van der Waals surface area contributed by atoms with Crippen LogP contribution in [0.1, 0.15) is 33.1 Å². The van der Waals surface area contributed by atoms with E-state index < -0.39 is 48.3 Å². The number of hydrogen-bond donors (Lipinski definition) is 4. The zero-order chi connectivity index (χ0) is 17.7. The molecule has 3 atom stereocenters. The number of nitrogens with two attached hydrogens (primary N) is 1. The van der Waals surface area contributed by atoms with E-state index in [1.165, 1.54) is 4.90 Å². The minimum atomic E-state index is -1.27. The lowest BCUT2D eigenvalue weighted by atomic mass is 10.0. The molecule has 1 fully saturated rings. The molecule has 9 heteroatoms. The van der Waals surface area contributed by atoms with Crippen LogP contribution in [0.15, 0.2) is 0 Å². The van der Waals surface area contributed by atoms with Crippen molar-refractivity contribution in [2.75, 3.05) is 6.54 Å². The van der Waals surface area contributed by atoms with E-state index in [2.05, 4.69) is 5.32 Å². The maximum Gasteiger partial charge on any atom is 0.326 e. The lowest BCUT2D eigenvalue weighted by molar-refractivity contribution is -0.150. The van der Waals surface area contributed by atoms with Gasteiger partial charge in [0.25, 0.3) is 0 Å². The Morgan fingerprint density at radius 3 is 2.35 bits per heavy atom. The maximum absolute atomic E-state index is 12.6. The summed E-state index contributed by atoms with van der Waals surface area (Å²) in [5.41, 5.74) is 5.48. The summed E-state index contributed by atoms with van der Waals surface area (Å²) in [7, 11) is 0. The first-order valence-electron chi connectivity index (χ1n) is 7.46. The van der Waals surface area contributed by atoms with E-state index in [-0.39, 0.29) is 5.92 Å². The van der Waals surface area contributed by atoms with Gasteiger partial charge < -0.3 is 26.2 Å². The first-order valence-corrected chi connectivity index (χ1v) is 7.46. The van der Waals surface area contributed by atoms with E-state index in [9.17, 15) is 19.2 Å². The molecule has 0 bridgehead atoms. The first-order chi connectivity index (χ1) is 10.6. The van der Waals surface area contributed by atoms with Gasteiger partial charge in [-0.25, -0.2) is 4.79 Å². The van der Waals surface area contributed by atoms with E-state index in [0.29, 0.717) is 19.4 Å². The Balaban J connectivity index is 2.81. The van der Waals surface area contributed by atoms with Crippen molar-refractivity contribution >= 4 is 23.8 Å². The van der Waals surface area contributed by atoms with E-state index >= 15 is 0 Å². The Hall–Kier alpha value is -2.16. The van der Waals surface area contributed by atoms with Crippen LogP contribution in [0.4, 0.5) is 0 Å². The fourth-order valence-electron chi connectivity index (χ4n) is 2.52. The summed E-state index contributed by atoms with van der Waals surface area (Å²) in [6.45, 7) is 3.73. The molecule has 9 nitrogen and oxygen atoms in total. The highest BCUT2D eigenvalue weighted by Crippen LogP contribution is 2.20. The molecular formula is C14H23N3O6. The zero-order valence-electron chi connectivity index (χ0n) is 13.2. The van der Waals surface area contributed by atoms with E-state index in [4.69, 9.17) is 15.9 Å². The number of rotatable bonds is 7. The number of carbonyl (C=O) groups is 4. The van der Waals surface area contributed by atoms with Crippen LogP contribution in [0.5, 0.6) is 0 Å². The van der Waals surface area contributed by atoms with Gasteiger partial charge in [0.1, 0.15) is 12.1 Å². The fourth-order valence-corrected chi connectivity index (χ4v) is 2.52. The third kappa shape index (κ3) is 4.92. The van der Waals surface area contributed by atoms with Gasteiger partial charge in [-0.15, -0.1) is 0 Å². The predicted octanol–water partition coefficient (Wildman–Crippen LogP) is -0.995. The molecule has 1 aliphatic heterocycles. The van der Waals surface area contributed by atoms with Crippen LogP contribution in [-0.4, -0.2) is 63.5 Å². The summed E-state index contributed by atoms with van der Waals surface area (Å²) in [6, 6.07) is -3.11. The number of likely N-dealkylation sites (tertiary alicyclic amines) is 1. The quantitative estimate of drug-likeness (QED) is 0.468. The van der Waals surface area contributed by atoms with E-state index in [0.717, 1.165) is 0 Å². The second-order valence-corrected chi connectivity index (χ2v) is 5.96. The van der Waals surface area contributed by atoms with Crippen LogP contribution >= 0.6 is 0 Å². The number of amides is 2. The van der Waals surface area contributed by atoms with Crippen molar-refractivity contribution < 1.29 is 29.4 Å². The minimum Gasteiger partial charge on any atom is -0.481 e. The lowest BCUT2D eigenvalue weighted by Gasteiger charge is -2.30. The molecule has 1 aliphatic rings. The van der Waals surface area contributed by atoms with Crippen molar-refractivity contribution in [2.45, 2.75) is 51.2 Å².